The molecule has 0 aromatic rings. The maximum Gasteiger partial charge on any atom is 0.306 e. The molecule has 2 N–H and O–H groups in total. The molecule has 42 heavy (non-hydrogen) atoms. The van der Waals surface area contributed by atoms with Crippen molar-refractivity contribution >= 4 is 23.6 Å². The number of esters is 1. The molecule has 4 nitrogen and oxygen atoms in total. The Morgan fingerprint density at radius 3 is 1.38 bits per heavy atom. The zero-order valence-electron chi connectivity index (χ0n) is 28.6. The van der Waals surface area contributed by atoms with Gasteiger partial charge in [0.2, 0.25) is 0 Å². The maximum absolute atomic E-state index is 11.9. The molecule has 5 heteroatoms. The van der Waals surface area contributed by atoms with Gasteiger partial charge in [0, 0.05) is 18.7 Å². The number of ether oxygens (including phenoxy) is 1. The summed E-state index contributed by atoms with van der Waals surface area (Å²) >= 11 is 1.81. The number of hydrogen-bond acceptors (Lipinski definition) is 4. The van der Waals surface area contributed by atoms with Crippen LogP contribution in [0, 0.1) is 5.41 Å². The van der Waals surface area contributed by atoms with E-state index in [-0.39, 0.29) is 5.97 Å². The van der Waals surface area contributed by atoms with Gasteiger partial charge < -0.3 is 10.1 Å². The third-order valence-electron chi connectivity index (χ3n) is 8.30. The predicted molar refractivity (Wildman–Crippen MR) is 189 cm³/mol. The van der Waals surface area contributed by atoms with Gasteiger partial charge in [-0.3, -0.25) is 10.2 Å². The molecule has 0 aromatic carbocycles. The fourth-order valence-electron chi connectivity index (χ4n) is 5.46. The van der Waals surface area contributed by atoms with Crippen LogP contribution >= 0.6 is 11.8 Å². The number of unbranched alkanes of at least 4 members (excludes halogenated alkanes) is 24. The molecule has 0 atom stereocenters. The van der Waals surface area contributed by atoms with Crippen molar-refractivity contribution in [1.82, 2.24) is 5.32 Å². The maximum atomic E-state index is 11.9. The number of rotatable bonds is 35. The lowest BCUT2D eigenvalue weighted by molar-refractivity contribution is -0.143. The summed E-state index contributed by atoms with van der Waals surface area (Å²) < 4.78 is 5.41. The third-order valence-corrected chi connectivity index (χ3v) is 9.37. The highest BCUT2D eigenvalue weighted by Crippen LogP contribution is 2.14. The molecule has 0 heterocycles. The SMILES string of the molecule is CCCCCCCCCCCCCCCCOC(=O)CCSCCCC(=N)NCCCCCCCCCCCCCC. The summed E-state index contributed by atoms with van der Waals surface area (Å²) in [7, 11) is 0. The van der Waals surface area contributed by atoms with Crippen LogP contribution in [-0.4, -0.2) is 36.5 Å². The highest BCUT2D eigenvalue weighted by molar-refractivity contribution is 7.99. The van der Waals surface area contributed by atoms with Crippen LogP contribution in [0.3, 0.4) is 0 Å². The lowest BCUT2D eigenvalue weighted by Gasteiger charge is -2.08. The first kappa shape index (κ1) is 41.3. The van der Waals surface area contributed by atoms with Crippen molar-refractivity contribution in [3.05, 3.63) is 0 Å². The van der Waals surface area contributed by atoms with Crippen molar-refractivity contribution in [3.63, 3.8) is 0 Å². The van der Waals surface area contributed by atoms with Gasteiger partial charge in [-0.2, -0.15) is 11.8 Å². The van der Waals surface area contributed by atoms with Gasteiger partial charge in [0.1, 0.15) is 0 Å². The van der Waals surface area contributed by atoms with Crippen LogP contribution in [0.15, 0.2) is 0 Å². The van der Waals surface area contributed by atoms with Gasteiger partial charge >= 0.3 is 5.97 Å². The molecule has 0 saturated heterocycles. The topological polar surface area (TPSA) is 62.2 Å². The van der Waals surface area contributed by atoms with Crippen LogP contribution in [0.5, 0.6) is 0 Å². The standard InChI is InChI=1S/C37H74N2O2S/c1-3-5-7-9-11-13-15-17-18-20-22-24-26-28-33-41-37(40)31-35-42-34-29-30-36(38)39-32-27-25-23-21-19-16-14-12-10-8-6-4-2/h3-35H2,1-2H3,(H2,38,39). The summed E-state index contributed by atoms with van der Waals surface area (Å²) in [5.41, 5.74) is 0. The summed E-state index contributed by atoms with van der Waals surface area (Å²) in [6, 6.07) is 0. The van der Waals surface area contributed by atoms with Crippen molar-refractivity contribution in [2.24, 2.45) is 0 Å². The van der Waals surface area contributed by atoms with Crippen molar-refractivity contribution in [1.29, 1.82) is 5.41 Å². The highest BCUT2D eigenvalue weighted by atomic mass is 32.2. The highest BCUT2D eigenvalue weighted by Gasteiger charge is 2.04. The van der Waals surface area contributed by atoms with Gasteiger partial charge in [0.25, 0.3) is 0 Å². The molecule has 0 amide bonds. The van der Waals surface area contributed by atoms with E-state index in [1.165, 1.54) is 161 Å². The Kier molecular flexibility index (Phi) is 35.9. The minimum Gasteiger partial charge on any atom is -0.466 e. The molecule has 250 valence electrons. The summed E-state index contributed by atoms with van der Waals surface area (Å²) in [6.07, 6.45) is 37.6. The number of amidine groups is 1. The molecule has 0 aliphatic rings. The fourth-order valence-corrected chi connectivity index (χ4v) is 6.32. The Hall–Kier alpha value is -0.710. The van der Waals surface area contributed by atoms with Crippen molar-refractivity contribution in [2.75, 3.05) is 24.7 Å². The Balaban J connectivity index is 3.25. The van der Waals surface area contributed by atoms with Crippen LogP contribution in [0.25, 0.3) is 0 Å². The van der Waals surface area contributed by atoms with E-state index in [4.69, 9.17) is 10.1 Å². The predicted octanol–water partition coefficient (Wildman–Crippen LogP) is 12.2. The molecule has 0 unspecified atom stereocenters. The largest absolute Gasteiger partial charge is 0.466 e. The minimum absolute atomic E-state index is 0.0472. The first-order chi connectivity index (χ1) is 20.7. The monoisotopic (exact) mass is 611 g/mol. The van der Waals surface area contributed by atoms with Gasteiger partial charge in [-0.25, -0.2) is 0 Å². The zero-order valence-corrected chi connectivity index (χ0v) is 29.4. The molecular formula is C37H74N2O2S. The molecule has 0 spiro atoms. The Bertz CT molecular complexity index is 558. The molecule has 0 saturated carbocycles. The molecule has 0 aliphatic carbocycles. The van der Waals surface area contributed by atoms with Gasteiger partial charge in [-0.1, -0.05) is 168 Å². The molecule has 0 radical (unpaired) electrons. The molecule has 0 bridgehead atoms. The second-order valence-electron chi connectivity index (χ2n) is 12.6. The smallest absolute Gasteiger partial charge is 0.306 e. The average Bonchev–Trinajstić information content (AvgIpc) is 2.99. The quantitative estimate of drug-likeness (QED) is 0.0324. The second kappa shape index (κ2) is 36.5. The number of carbonyl (C=O) groups is 1. The van der Waals surface area contributed by atoms with Crippen molar-refractivity contribution in [3.8, 4) is 0 Å². The Morgan fingerprint density at radius 2 is 0.929 bits per heavy atom. The van der Waals surface area contributed by atoms with Crippen LogP contribution in [0.2, 0.25) is 0 Å². The van der Waals surface area contributed by atoms with E-state index in [0.717, 1.165) is 37.3 Å². The zero-order chi connectivity index (χ0) is 30.6. The van der Waals surface area contributed by atoms with E-state index in [1.54, 1.807) is 0 Å². The molecule has 0 aliphatic heterocycles. The van der Waals surface area contributed by atoms with Crippen LogP contribution < -0.4 is 5.32 Å². The van der Waals surface area contributed by atoms with Gasteiger partial charge in [-0.05, 0) is 25.0 Å². The van der Waals surface area contributed by atoms with E-state index < -0.39 is 0 Å². The number of nitrogens with one attached hydrogen (secondary N) is 2. The van der Waals surface area contributed by atoms with E-state index in [9.17, 15) is 4.79 Å². The lowest BCUT2D eigenvalue weighted by atomic mass is 10.0. The van der Waals surface area contributed by atoms with E-state index in [2.05, 4.69) is 19.2 Å². The fraction of sp³-hybridized carbons (Fsp3) is 0.946. The van der Waals surface area contributed by atoms with Crippen molar-refractivity contribution < 1.29 is 9.53 Å². The number of carbonyl (C=O) groups excluding carboxylic acids is 1. The van der Waals surface area contributed by atoms with Crippen molar-refractivity contribution in [2.45, 2.75) is 200 Å². The minimum atomic E-state index is -0.0472. The lowest BCUT2D eigenvalue weighted by Crippen LogP contribution is -2.23. The third kappa shape index (κ3) is 35.5. The second-order valence-corrected chi connectivity index (χ2v) is 13.8. The molecular weight excluding hydrogens is 536 g/mol. The molecule has 0 rings (SSSR count). The normalized spacial score (nSPS) is 11.2. The van der Waals surface area contributed by atoms with E-state index in [0.29, 0.717) is 18.9 Å². The van der Waals surface area contributed by atoms with E-state index in [1.807, 2.05) is 11.8 Å². The van der Waals surface area contributed by atoms with Crippen LogP contribution in [0.4, 0.5) is 0 Å². The summed E-state index contributed by atoms with van der Waals surface area (Å²) in [4.78, 5) is 11.9. The van der Waals surface area contributed by atoms with E-state index >= 15 is 0 Å². The summed E-state index contributed by atoms with van der Waals surface area (Å²) in [6.45, 7) is 6.09. The Labute approximate surface area is 268 Å². The number of thioether (sulfide) groups is 1. The van der Waals surface area contributed by atoms with Gasteiger partial charge in [-0.15, -0.1) is 0 Å². The Morgan fingerprint density at radius 1 is 0.524 bits per heavy atom. The first-order valence-electron chi connectivity index (χ1n) is 18.7. The summed E-state index contributed by atoms with van der Waals surface area (Å²) in [5, 5.41) is 11.4. The first-order valence-corrected chi connectivity index (χ1v) is 19.9. The molecule has 0 aromatic heterocycles. The van der Waals surface area contributed by atoms with Crippen LogP contribution in [0.1, 0.15) is 200 Å². The number of hydrogen-bond donors (Lipinski definition) is 2. The molecule has 0 fully saturated rings. The average molecular weight is 611 g/mol. The van der Waals surface area contributed by atoms with Crippen LogP contribution in [-0.2, 0) is 9.53 Å². The van der Waals surface area contributed by atoms with Gasteiger partial charge in [0.15, 0.2) is 0 Å². The van der Waals surface area contributed by atoms with Gasteiger partial charge in [0.05, 0.1) is 18.9 Å². The summed E-state index contributed by atoms with van der Waals surface area (Å²) in [5.74, 6) is 2.46.